The SMILES string of the molecule is Cc1nnc(COc2ccc(Br)cc2C=O)n1C. The third-order valence-electron chi connectivity index (χ3n) is 2.64. The van der Waals surface area contributed by atoms with Gasteiger partial charge in [-0.2, -0.15) is 0 Å². The molecule has 0 N–H and O–H groups in total. The van der Waals surface area contributed by atoms with Gasteiger partial charge in [-0.15, -0.1) is 10.2 Å². The van der Waals surface area contributed by atoms with Gasteiger partial charge < -0.3 is 9.30 Å². The predicted molar refractivity (Wildman–Crippen MR) is 69.6 cm³/mol. The number of aromatic nitrogens is 3. The van der Waals surface area contributed by atoms with Crippen LogP contribution in [0.15, 0.2) is 22.7 Å². The molecular formula is C12H12BrN3O2. The number of hydrogen-bond acceptors (Lipinski definition) is 4. The summed E-state index contributed by atoms with van der Waals surface area (Å²) in [5.41, 5.74) is 0.503. The van der Waals surface area contributed by atoms with Gasteiger partial charge in [-0.05, 0) is 25.1 Å². The van der Waals surface area contributed by atoms with Gasteiger partial charge in [0.15, 0.2) is 12.1 Å². The molecule has 0 atom stereocenters. The molecule has 0 saturated carbocycles. The average Bonchev–Trinajstić information content (AvgIpc) is 2.68. The summed E-state index contributed by atoms with van der Waals surface area (Å²) in [5, 5.41) is 7.93. The molecule has 0 unspecified atom stereocenters. The molecule has 0 spiro atoms. The molecule has 2 rings (SSSR count). The van der Waals surface area contributed by atoms with Crippen LogP contribution in [0.25, 0.3) is 0 Å². The lowest BCUT2D eigenvalue weighted by Gasteiger charge is -2.08. The van der Waals surface area contributed by atoms with Crippen molar-refractivity contribution < 1.29 is 9.53 Å². The Balaban J connectivity index is 2.15. The highest BCUT2D eigenvalue weighted by atomic mass is 79.9. The lowest BCUT2D eigenvalue weighted by Crippen LogP contribution is -2.05. The summed E-state index contributed by atoms with van der Waals surface area (Å²) in [6.07, 6.45) is 0.766. The summed E-state index contributed by atoms with van der Waals surface area (Å²) in [6, 6.07) is 5.28. The molecule has 0 aliphatic heterocycles. The van der Waals surface area contributed by atoms with Crippen molar-refractivity contribution in [1.82, 2.24) is 14.8 Å². The van der Waals surface area contributed by atoms with Crippen molar-refractivity contribution in [2.24, 2.45) is 7.05 Å². The average molecular weight is 310 g/mol. The van der Waals surface area contributed by atoms with Gasteiger partial charge in [-0.3, -0.25) is 4.79 Å². The number of ether oxygens (including phenoxy) is 1. The normalized spacial score (nSPS) is 10.4. The Hall–Kier alpha value is -1.69. The number of carbonyl (C=O) groups excluding carboxylic acids is 1. The zero-order chi connectivity index (χ0) is 13.1. The minimum Gasteiger partial charge on any atom is -0.485 e. The fourth-order valence-electron chi connectivity index (χ4n) is 1.46. The fraction of sp³-hybridized carbons (Fsp3) is 0.250. The van der Waals surface area contributed by atoms with E-state index in [-0.39, 0.29) is 6.61 Å². The van der Waals surface area contributed by atoms with Crippen molar-refractivity contribution >= 4 is 22.2 Å². The van der Waals surface area contributed by atoms with Crippen LogP contribution in [0.2, 0.25) is 0 Å². The van der Waals surface area contributed by atoms with Crippen molar-refractivity contribution in [3.05, 3.63) is 39.9 Å². The molecule has 0 bridgehead atoms. The number of nitrogens with zero attached hydrogens (tertiary/aromatic N) is 3. The third kappa shape index (κ3) is 2.59. The lowest BCUT2D eigenvalue weighted by atomic mass is 10.2. The molecule has 0 aliphatic rings. The largest absolute Gasteiger partial charge is 0.485 e. The summed E-state index contributed by atoms with van der Waals surface area (Å²) in [4.78, 5) is 10.9. The third-order valence-corrected chi connectivity index (χ3v) is 3.13. The lowest BCUT2D eigenvalue weighted by molar-refractivity contribution is 0.111. The molecule has 0 saturated heterocycles. The van der Waals surface area contributed by atoms with Gasteiger partial charge in [-0.1, -0.05) is 15.9 Å². The zero-order valence-corrected chi connectivity index (χ0v) is 11.6. The van der Waals surface area contributed by atoms with Gasteiger partial charge in [0.2, 0.25) is 0 Å². The van der Waals surface area contributed by atoms with E-state index in [9.17, 15) is 4.79 Å². The van der Waals surface area contributed by atoms with E-state index in [0.717, 1.165) is 16.6 Å². The number of rotatable bonds is 4. The van der Waals surface area contributed by atoms with Gasteiger partial charge in [0.1, 0.15) is 18.2 Å². The summed E-state index contributed by atoms with van der Waals surface area (Å²) in [6.45, 7) is 2.15. The molecule has 0 radical (unpaired) electrons. The smallest absolute Gasteiger partial charge is 0.170 e. The van der Waals surface area contributed by atoms with Crippen LogP contribution in [0.4, 0.5) is 0 Å². The molecule has 0 fully saturated rings. The number of aryl methyl sites for hydroxylation is 1. The van der Waals surface area contributed by atoms with Gasteiger partial charge in [0, 0.05) is 11.5 Å². The highest BCUT2D eigenvalue weighted by molar-refractivity contribution is 9.10. The molecule has 5 nitrogen and oxygen atoms in total. The quantitative estimate of drug-likeness (QED) is 0.813. The number of carbonyl (C=O) groups is 1. The maximum absolute atomic E-state index is 10.9. The van der Waals surface area contributed by atoms with Gasteiger partial charge in [0.25, 0.3) is 0 Å². The Morgan fingerprint density at radius 3 is 2.83 bits per heavy atom. The second-order valence-corrected chi connectivity index (χ2v) is 4.73. The first-order chi connectivity index (χ1) is 8.61. The van der Waals surface area contributed by atoms with E-state index in [1.54, 1.807) is 12.1 Å². The van der Waals surface area contributed by atoms with Crippen LogP contribution in [0.1, 0.15) is 22.0 Å². The number of hydrogen-bond donors (Lipinski definition) is 0. The highest BCUT2D eigenvalue weighted by Gasteiger charge is 2.08. The second-order valence-electron chi connectivity index (χ2n) is 3.81. The second kappa shape index (κ2) is 5.30. The van der Waals surface area contributed by atoms with Crippen LogP contribution in [-0.2, 0) is 13.7 Å². The Morgan fingerprint density at radius 1 is 1.44 bits per heavy atom. The summed E-state index contributed by atoms with van der Waals surface area (Å²) < 4.78 is 8.27. The molecule has 1 aromatic carbocycles. The van der Waals surface area contributed by atoms with E-state index in [4.69, 9.17) is 4.74 Å². The topological polar surface area (TPSA) is 57.0 Å². The van der Waals surface area contributed by atoms with E-state index in [2.05, 4.69) is 26.1 Å². The Labute approximate surface area is 113 Å². The maximum Gasteiger partial charge on any atom is 0.170 e. The first-order valence-electron chi connectivity index (χ1n) is 5.34. The molecule has 0 amide bonds. The van der Waals surface area contributed by atoms with Gasteiger partial charge >= 0.3 is 0 Å². The number of halogens is 1. The Kier molecular flexibility index (Phi) is 3.76. The van der Waals surface area contributed by atoms with Crippen LogP contribution in [-0.4, -0.2) is 21.1 Å². The highest BCUT2D eigenvalue weighted by Crippen LogP contribution is 2.22. The summed E-state index contributed by atoms with van der Waals surface area (Å²) >= 11 is 3.31. The zero-order valence-electron chi connectivity index (χ0n) is 10.1. The van der Waals surface area contributed by atoms with E-state index < -0.39 is 0 Å². The first kappa shape index (κ1) is 12.8. The Bertz CT molecular complexity index is 581. The number of benzene rings is 1. The summed E-state index contributed by atoms with van der Waals surface area (Å²) in [5.74, 6) is 2.07. The Morgan fingerprint density at radius 2 is 2.22 bits per heavy atom. The van der Waals surface area contributed by atoms with E-state index in [1.807, 2.05) is 24.6 Å². The van der Waals surface area contributed by atoms with Crippen LogP contribution in [0, 0.1) is 6.92 Å². The monoisotopic (exact) mass is 309 g/mol. The fourth-order valence-corrected chi connectivity index (χ4v) is 1.84. The molecule has 1 aromatic heterocycles. The molecule has 18 heavy (non-hydrogen) atoms. The van der Waals surface area contributed by atoms with Crippen molar-refractivity contribution in [2.75, 3.05) is 0 Å². The molecule has 6 heteroatoms. The number of aldehydes is 1. The molecular weight excluding hydrogens is 298 g/mol. The van der Waals surface area contributed by atoms with Gasteiger partial charge in [0.05, 0.1) is 5.56 Å². The predicted octanol–water partition coefficient (Wildman–Crippen LogP) is 2.28. The van der Waals surface area contributed by atoms with Crippen molar-refractivity contribution in [1.29, 1.82) is 0 Å². The molecule has 0 aliphatic carbocycles. The maximum atomic E-state index is 10.9. The van der Waals surface area contributed by atoms with E-state index in [1.165, 1.54) is 0 Å². The van der Waals surface area contributed by atoms with Crippen molar-refractivity contribution in [3.8, 4) is 5.75 Å². The van der Waals surface area contributed by atoms with Crippen LogP contribution < -0.4 is 4.74 Å². The van der Waals surface area contributed by atoms with Gasteiger partial charge in [-0.25, -0.2) is 0 Å². The van der Waals surface area contributed by atoms with E-state index >= 15 is 0 Å². The standard InChI is InChI=1S/C12H12BrN3O2/c1-8-14-15-12(16(8)2)7-18-11-4-3-10(13)5-9(11)6-17/h3-6H,7H2,1-2H3. The van der Waals surface area contributed by atoms with Crippen molar-refractivity contribution in [3.63, 3.8) is 0 Å². The van der Waals surface area contributed by atoms with Crippen LogP contribution in [0.5, 0.6) is 5.75 Å². The van der Waals surface area contributed by atoms with Crippen LogP contribution >= 0.6 is 15.9 Å². The summed E-state index contributed by atoms with van der Waals surface area (Å²) in [7, 11) is 1.87. The van der Waals surface area contributed by atoms with Crippen LogP contribution in [0.3, 0.4) is 0 Å². The minimum atomic E-state index is 0.278. The van der Waals surface area contributed by atoms with Crippen molar-refractivity contribution in [2.45, 2.75) is 13.5 Å². The minimum absolute atomic E-state index is 0.278. The molecule has 94 valence electrons. The molecule has 2 aromatic rings. The van der Waals surface area contributed by atoms with E-state index in [0.29, 0.717) is 17.1 Å². The first-order valence-corrected chi connectivity index (χ1v) is 6.13. The molecule has 1 heterocycles.